The number of ether oxygens (including phenoxy) is 2. The van der Waals surface area contributed by atoms with Gasteiger partial charge in [0.15, 0.2) is 11.5 Å². The lowest BCUT2D eigenvalue weighted by Gasteiger charge is -2.26. The molecule has 2 aliphatic rings. The van der Waals surface area contributed by atoms with Crippen LogP contribution in [0.3, 0.4) is 0 Å². The van der Waals surface area contributed by atoms with E-state index in [9.17, 15) is 0 Å². The number of fused-ring (bicyclic) bond motifs is 3. The first-order valence-electron chi connectivity index (χ1n) is 6.73. The third kappa shape index (κ3) is 2.47. The molecule has 0 N–H and O–H groups in total. The van der Waals surface area contributed by atoms with Crippen LogP contribution >= 0.6 is 27.5 Å². The summed E-state index contributed by atoms with van der Waals surface area (Å²) in [4.78, 5) is 0. The fraction of sp³-hybridized carbons (Fsp3) is 0.600. The van der Waals surface area contributed by atoms with Gasteiger partial charge in [-0.3, -0.25) is 0 Å². The van der Waals surface area contributed by atoms with Crippen molar-refractivity contribution in [3.63, 3.8) is 0 Å². The second kappa shape index (κ2) is 4.85. The van der Waals surface area contributed by atoms with Crippen molar-refractivity contribution in [1.29, 1.82) is 0 Å². The lowest BCUT2D eigenvalue weighted by molar-refractivity contribution is 0.169. The number of rotatable bonds is 0. The van der Waals surface area contributed by atoms with E-state index < -0.39 is 0 Å². The van der Waals surface area contributed by atoms with Crippen LogP contribution in [0.5, 0.6) is 11.5 Å². The molecule has 1 atom stereocenters. The van der Waals surface area contributed by atoms with Gasteiger partial charge in [-0.25, -0.2) is 0 Å². The molecule has 0 amide bonds. The maximum absolute atomic E-state index is 6.69. The van der Waals surface area contributed by atoms with Crippen LogP contribution in [0.25, 0.3) is 0 Å². The lowest BCUT2D eigenvalue weighted by Crippen LogP contribution is -2.18. The van der Waals surface area contributed by atoms with Gasteiger partial charge in [0.25, 0.3) is 0 Å². The molecule has 4 heteroatoms. The molecule has 1 aromatic carbocycles. The molecule has 1 aliphatic heterocycles. The van der Waals surface area contributed by atoms with Gasteiger partial charge in [-0.05, 0) is 36.3 Å². The van der Waals surface area contributed by atoms with Crippen molar-refractivity contribution in [2.75, 3.05) is 13.2 Å². The Morgan fingerprint density at radius 3 is 2.84 bits per heavy atom. The maximum Gasteiger partial charge on any atom is 0.166 e. The molecule has 0 aromatic heterocycles. The van der Waals surface area contributed by atoms with E-state index in [1.165, 1.54) is 5.56 Å². The first-order valence-corrected chi connectivity index (χ1v) is 7.96. The smallest absolute Gasteiger partial charge is 0.166 e. The Kier molecular flexibility index (Phi) is 3.46. The molecule has 3 rings (SSSR count). The zero-order valence-electron chi connectivity index (χ0n) is 11.3. The Bertz CT molecular complexity index is 513. The summed E-state index contributed by atoms with van der Waals surface area (Å²) in [5.41, 5.74) is 2.68. The zero-order chi connectivity index (χ0) is 13.6. The number of hydrogen-bond acceptors (Lipinski definition) is 2. The van der Waals surface area contributed by atoms with Crippen molar-refractivity contribution in [3.05, 3.63) is 21.7 Å². The highest BCUT2D eigenvalue weighted by molar-refractivity contribution is 9.10. The highest BCUT2D eigenvalue weighted by atomic mass is 79.9. The van der Waals surface area contributed by atoms with Crippen LogP contribution in [0, 0.1) is 5.41 Å². The molecule has 1 unspecified atom stereocenters. The molecule has 1 aliphatic carbocycles. The van der Waals surface area contributed by atoms with E-state index in [1.54, 1.807) is 0 Å². The number of halogens is 2. The van der Waals surface area contributed by atoms with Crippen molar-refractivity contribution in [1.82, 2.24) is 0 Å². The van der Waals surface area contributed by atoms with E-state index in [1.807, 2.05) is 6.07 Å². The molecular weight excluding hydrogens is 328 g/mol. The number of benzene rings is 1. The van der Waals surface area contributed by atoms with Crippen LogP contribution in [-0.4, -0.2) is 13.2 Å². The Balaban J connectivity index is 2.15. The standard InChI is InChI=1S/C15H18BrClO2/c1-15(2)4-3-9-10(16)7-12-14(19-6-5-18-12)13(9)11(17)8-15/h7,11H,3-6,8H2,1-2H3. The van der Waals surface area contributed by atoms with E-state index in [4.69, 9.17) is 21.1 Å². The molecule has 2 nitrogen and oxygen atoms in total. The van der Waals surface area contributed by atoms with Gasteiger partial charge in [-0.1, -0.05) is 29.8 Å². The highest BCUT2D eigenvalue weighted by Gasteiger charge is 2.34. The van der Waals surface area contributed by atoms with Gasteiger partial charge in [0.2, 0.25) is 0 Å². The van der Waals surface area contributed by atoms with Crippen molar-refractivity contribution in [2.45, 2.75) is 38.5 Å². The summed E-state index contributed by atoms with van der Waals surface area (Å²) < 4.78 is 12.6. The fourth-order valence-electron chi connectivity index (χ4n) is 2.96. The Morgan fingerprint density at radius 1 is 1.32 bits per heavy atom. The first-order chi connectivity index (χ1) is 8.98. The molecule has 0 spiro atoms. The molecule has 1 aromatic rings. The Morgan fingerprint density at radius 2 is 2.05 bits per heavy atom. The van der Waals surface area contributed by atoms with Crippen molar-refractivity contribution in [2.24, 2.45) is 5.41 Å². The van der Waals surface area contributed by atoms with Gasteiger partial charge in [0.05, 0.1) is 5.38 Å². The monoisotopic (exact) mass is 344 g/mol. The summed E-state index contributed by atoms with van der Waals surface area (Å²) in [6.07, 6.45) is 3.14. The summed E-state index contributed by atoms with van der Waals surface area (Å²) in [6.45, 7) is 5.78. The number of hydrogen-bond donors (Lipinski definition) is 0. The predicted molar refractivity (Wildman–Crippen MR) is 80.4 cm³/mol. The molecule has 104 valence electrons. The average Bonchev–Trinajstić information content (AvgIpc) is 2.46. The molecule has 0 saturated heterocycles. The normalized spacial score (nSPS) is 24.5. The molecule has 0 radical (unpaired) electrons. The van der Waals surface area contributed by atoms with E-state index in [0.717, 1.165) is 40.8 Å². The van der Waals surface area contributed by atoms with Gasteiger partial charge in [-0.2, -0.15) is 0 Å². The van der Waals surface area contributed by atoms with Gasteiger partial charge in [-0.15, -0.1) is 11.6 Å². The first kappa shape index (κ1) is 13.6. The zero-order valence-corrected chi connectivity index (χ0v) is 13.6. The van der Waals surface area contributed by atoms with Crippen LogP contribution in [0.2, 0.25) is 0 Å². The maximum atomic E-state index is 6.69. The topological polar surface area (TPSA) is 18.5 Å². The lowest BCUT2D eigenvalue weighted by atomic mass is 9.84. The molecular formula is C15H18BrClO2. The molecule has 1 heterocycles. The van der Waals surface area contributed by atoms with Crippen LogP contribution in [0.1, 0.15) is 43.2 Å². The number of alkyl halides is 1. The second-order valence-corrected chi connectivity index (χ2v) is 7.49. The van der Waals surface area contributed by atoms with E-state index >= 15 is 0 Å². The van der Waals surface area contributed by atoms with E-state index in [-0.39, 0.29) is 10.8 Å². The summed E-state index contributed by atoms with van der Waals surface area (Å²) in [5, 5.41) is -0.0135. The Labute approximate surface area is 127 Å². The SMILES string of the molecule is CC1(C)CCc2c(Br)cc3c(c2C(Cl)C1)OCCO3. The minimum Gasteiger partial charge on any atom is -0.486 e. The van der Waals surface area contributed by atoms with Gasteiger partial charge < -0.3 is 9.47 Å². The van der Waals surface area contributed by atoms with Gasteiger partial charge in [0, 0.05) is 10.0 Å². The molecule has 0 fully saturated rings. The minimum absolute atomic E-state index is 0.0135. The van der Waals surface area contributed by atoms with Crippen molar-refractivity contribution >= 4 is 27.5 Å². The fourth-order valence-corrected chi connectivity index (χ4v) is 4.22. The third-order valence-electron chi connectivity index (χ3n) is 4.02. The van der Waals surface area contributed by atoms with Crippen molar-refractivity contribution < 1.29 is 9.47 Å². The predicted octanol–water partition coefficient (Wildman–Crippen LogP) is 4.86. The van der Waals surface area contributed by atoms with Crippen LogP contribution in [-0.2, 0) is 6.42 Å². The molecule has 0 bridgehead atoms. The highest BCUT2D eigenvalue weighted by Crippen LogP contribution is 2.51. The summed E-state index contributed by atoms with van der Waals surface area (Å²) >= 11 is 10.4. The summed E-state index contributed by atoms with van der Waals surface area (Å²) in [5.74, 6) is 1.68. The van der Waals surface area contributed by atoms with Crippen LogP contribution in [0.4, 0.5) is 0 Å². The minimum atomic E-state index is -0.0135. The summed E-state index contributed by atoms with van der Waals surface area (Å²) in [6, 6.07) is 2.02. The van der Waals surface area contributed by atoms with E-state index in [2.05, 4.69) is 29.8 Å². The average molecular weight is 346 g/mol. The largest absolute Gasteiger partial charge is 0.486 e. The Hall–Kier alpha value is -0.410. The third-order valence-corrected chi connectivity index (χ3v) is 5.10. The van der Waals surface area contributed by atoms with Gasteiger partial charge >= 0.3 is 0 Å². The van der Waals surface area contributed by atoms with Crippen molar-refractivity contribution in [3.8, 4) is 11.5 Å². The quantitative estimate of drug-likeness (QED) is 0.494. The molecule has 0 saturated carbocycles. The second-order valence-electron chi connectivity index (χ2n) is 6.11. The van der Waals surface area contributed by atoms with Gasteiger partial charge in [0.1, 0.15) is 13.2 Å². The summed E-state index contributed by atoms with van der Waals surface area (Å²) in [7, 11) is 0. The van der Waals surface area contributed by atoms with Crippen LogP contribution in [0.15, 0.2) is 10.5 Å². The van der Waals surface area contributed by atoms with Crippen LogP contribution < -0.4 is 9.47 Å². The van der Waals surface area contributed by atoms with E-state index in [0.29, 0.717) is 13.2 Å². The molecule has 19 heavy (non-hydrogen) atoms.